The Hall–Kier alpha value is -3.09. The lowest BCUT2D eigenvalue weighted by Gasteiger charge is -2.03. The highest BCUT2D eigenvalue weighted by molar-refractivity contribution is 5.91. The lowest BCUT2D eigenvalue weighted by atomic mass is 10.3. The van der Waals surface area contributed by atoms with E-state index in [1.54, 1.807) is 11.0 Å². The quantitative estimate of drug-likeness (QED) is 0.672. The Balaban J connectivity index is 1.88. The van der Waals surface area contributed by atoms with Crippen molar-refractivity contribution in [1.82, 2.24) is 24.5 Å². The van der Waals surface area contributed by atoms with Gasteiger partial charge in [0, 0.05) is 13.0 Å². The molecule has 0 amide bonds. The lowest BCUT2D eigenvalue weighted by Crippen LogP contribution is -2.25. The molecule has 7 heteroatoms. The molecule has 3 aromatic rings. The van der Waals surface area contributed by atoms with Crippen molar-refractivity contribution >= 4 is 5.78 Å². The van der Waals surface area contributed by atoms with Crippen molar-refractivity contribution < 1.29 is 4.79 Å². The SMILES string of the molecule is CC(=O)c1ccc(=O)n(Cc2ncn(-c3ccccc3)n2)n1. The van der Waals surface area contributed by atoms with Gasteiger partial charge in [-0.2, -0.15) is 5.10 Å². The van der Waals surface area contributed by atoms with E-state index in [0.717, 1.165) is 5.69 Å². The van der Waals surface area contributed by atoms with E-state index in [9.17, 15) is 9.59 Å². The third-order valence-corrected chi connectivity index (χ3v) is 3.08. The molecule has 0 bridgehead atoms. The first-order valence-electron chi connectivity index (χ1n) is 6.68. The van der Waals surface area contributed by atoms with Crippen LogP contribution in [0.2, 0.25) is 0 Å². The summed E-state index contributed by atoms with van der Waals surface area (Å²) in [6.45, 7) is 1.51. The topological polar surface area (TPSA) is 82.7 Å². The molecule has 110 valence electrons. The second-order valence-electron chi connectivity index (χ2n) is 4.71. The Bertz CT molecular complexity index is 867. The first-order chi connectivity index (χ1) is 10.6. The van der Waals surface area contributed by atoms with Crippen molar-refractivity contribution in [2.45, 2.75) is 13.5 Å². The predicted octanol–water partition coefficient (Wildman–Crippen LogP) is 1.07. The molecule has 0 radical (unpaired) electrons. The van der Waals surface area contributed by atoms with Crippen LogP contribution in [0.1, 0.15) is 23.2 Å². The van der Waals surface area contributed by atoms with Gasteiger partial charge >= 0.3 is 0 Å². The second kappa shape index (κ2) is 5.72. The maximum atomic E-state index is 11.8. The summed E-state index contributed by atoms with van der Waals surface area (Å²) in [5.41, 5.74) is 0.808. The molecule has 3 rings (SSSR count). The van der Waals surface area contributed by atoms with E-state index in [2.05, 4.69) is 15.2 Å². The Morgan fingerprint density at radius 3 is 2.59 bits per heavy atom. The van der Waals surface area contributed by atoms with Gasteiger partial charge in [-0.15, -0.1) is 5.10 Å². The molecule has 0 fully saturated rings. The summed E-state index contributed by atoms with van der Waals surface area (Å²) in [7, 11) is 0. The van der Waals surface area contributed by atoms with Crippen LogP contribution in [0, 0.1) is 0 Å². The molecule has 0 aliphatic carbocycles. The number of hydrogen-bond donors (Lipinski definition) is 0. The van der Waals surface area contributed by atoms with E-state index in [-0.39, 0.29) is 23.6 Å². The number of hydrogen-bond acceptors (Lipinski definition) is 5. The molecular weight excluding hydrogens is 282 g/mol. The summed E-state index contributed by atoms with van der Waals surface area (Å²) < 4.78 is 2.80. The van der Waals surface area contributed by atoms with Crippen LogP contribution in [0.25, 0.3) is 5.69 Å². The van der Waals surface area contributed by atoms with Gasteiger partial charge < -0.3 is 0 Å². The van der Waals surface area contributed by atoms with E-state index < -0.39 is 0 Å². The van der Waals surface area contributed by atoms with Crippen LogP contribution in [-0.4, -0.2) is 30.3 Å². The van der Waals surface area contributed by atoms with E-state index >= 15 is 0 Å². The number of Topliss-reactive ketones (excluding diaryl/α,β-unsaturated/α-hetero) is 1. The van der Waals surface area contributed by atoms with Gasteiger partial charge in [0.2, 0.25) is 0 Å². The largest absolute Gasteiger partial charge is 0.293 e. The van der Waals surface area contributed by atoms with Crippen LogP contribution in [0.5, 0.6) is 0 Å². The molecule has 0 aliphatic rings. The number of benzene rings is 1. The van der Waals surface area contributed by atoms with Gasteiger partial charge in [0.1, 0.15) is 18.6 Å². The van der Waals surface area contributed by atoms with Crippen LogP contribution in [0.3, 0.4) is 0 Å². The van der Waals surface area contributed by atoms with Gasteiger partial charge in [0.05, 0.1) is 5.69 Å². The summed E-state index contributed by atoms with van der Waals surface area (Å²) in [5.74, 6) is 0.246. The number of para-hydroxylation sites is 1. The highest BCUT2D eigenvalue weighted by atomic mass is 16.1. The minimum Gasteiger partial charge on any atom is -0.293 e. The molecule has 0 spiro atoms. The number of carbonyl (C=O) groups is 1. The van der Waals surface area contributed by atoms with Crippen molar-refractivity contribution in [3.8, 4) is 5.69 Å². The average Bonchev–Trinajstić information content (AvgIpc) is 2.99. The molecule has 2 heterocycles. The second-order valence-corrected chi connectivity index (χ2v) is 4.71. The van der Waals surface area contributed by atoms with Crippen molar-refractivity contribution in [3.63, 3.8) is 0 Å². The number of rotatable bonds is 4. The zero-order valence-electron chi connectivity index (χ0n) is 11.9. The van der Waals surface area contributed by atoms with E-state index in [4.69, 9.17) is 0 Å². The maximum Gasteiger partial charge on any atom is 0.267 e. The molecule has 0 saturated heterocycles. The first-order valence-corrected chi connectivity index (χ1v) is 6.68. The Kier molecular flexibility index (Phi) is 3.61. The summed E-state index contributed by atoms with van der Waals surface area (Å²) >= 11 is 0. The van der Waals surface area contributed by atoms with Crippen molar-refractivity contribution in [2.75, 3.05) is 0 Å². The van der Waals surface area contributed by atoms with Gasteiger partial charge in [-0.1, -0.05) is 18.2 Å². The van der Waals surface area contributed by atoms with Crippen LogP contribution in [0.15, 0.2) is 53.6 Å². The minimum atomic E-state index is -0.305. The average molecular weight is 295 g/mol. The maximum absolute atomic E-state index is 11.8. The number of nitrogens with zero attached hydrogens (tertiary/aromatic N) is 5. The van der Waals surface area contributed by atoms with Crippen LogP contribution >= 0.6 is 0 Å². The van der Waals surface area contributed by atoms with E-state index in [1.165, 1.54) is 23.7 Å². The molecule has 0 saturated carbocycles. The zero-order chi connectivity index (χ0) is 15.5. The molecule has 22 heavy (non-hydrogen) atoms. The lowest BCUT2D eigenvalue weighted by molar-refractivity contribution is 0.101. The summed E-state index contributed by atoms with van der Waals surface area (Å²) in [6.07, 6.45) is 1.57. The van der Waals surface area contributed by atoms with E-state index in [1.807, 2.05) is 30.3 Å². The molecular formula is C15H13N5O2. The molecule has 2 aromatic heterocycles. The van der Waals surface area contributed by atoms with Crippen molar-refractivity contribution in [2.24, 2.45) is 0 Å². The smallest absolute Gasteiger partial charge is 0.267 e. The van der Waals surface area contributed by atoms with Gasteiger partial charge in [-0.3, -0.25) is 9.59 Å². The third kappa shape index (κ3) is 2.83. The fourth-order valence-electron chi connectivity index (χ4n) is 1.96. The molecule has 0 unspecified atom stereocenters. The van der Waals surface area contributed by atoms with Crippen molar-refractivity contribution in [3.05, 3.63) is 70.7 Å². The highest BCUT2D eigenvalue weighted by Gasteiger charge is 2.08. The monoisotopic (exact) mass is 295 g/mol. The number of carbonyl (C=O) groups excluding carboxylic acids is 1. The highest BCUT2D eigenvalue weighted by Crippen LogP contribution is 2.05. The summed E-state index contributed by atoms with van der Waals surface area (Å²) in [4.78, 5) is 27.3. The fourth-order valence-corrected chi connectivity index (χ4v) is 1.96. The standard InChI is InChI=1S/C15H13N5O2/c1-11(21)13-7-8-15(22)19(17-13)9-14-16-10-20(18-14)12-5-3-2-4-6-12/h2-8,10H,9H2,1H3. The molecule has 0 aliphatic heterocycles. The number of ketones is 1. The predicted molar refractivity (Wildman–Crippen MR) is 79.0 cm³/mol. The molecule has 0 N–H and O–H groups in total. The minimum absolute atomic E-state index is 0.111. The van der Waals surface area contributed by atoms with E-state index in [0.29, 0.717) is 5.82 Å². The molecule has 7 nitrogen and oxygen atoms in total. The van der Waals surface area contributed by atoms with Gasteiger partial charge in [-0.05, 0) is 18.2 Å². The molecule has 0 atom stereocenters. The molecule has 1 aromatic carbocycles. The zero-order valence-corrected chi connectivity index (χ0v) is 11.9. The van der Waals surface area contributed by atoms with Gasteiger partial charge in [0.15, 0.2) is 11.6 Å². The Labute approximate surface area is 125 Å². The fraction of sp³-hybridized carbons (Fsp3) is 0.133. The van der Waals surface area contributed by atoms with Gasteiger partial charge in [0.25, 0.3) is 5.56 Å². The Morgan fingerprint density at radius 1 is 1.09 bits per heavy atom. The van der Waals surface area contributed by atoms with Crippen LogP contribution < -0.4 is 5.56 Å². The normalized spacial score (nSPS) is 10.6. The van der Waals surface area contributed by atoms with Crippen LogP contribution in [-0.2, 0) is 6.54 Å². The van der Waals surface area contributed by atoms with Gasteiger partial charge in [-0.25, -0.2) is 14.3 Å². The third-order valence-electron chi connectivity index (χ3n) is 3.08. The first kappa shape index (κ1) is 13.9. The van der Waals surface area contributed by atoms with Crippen molar-refractivity contribution in [1.29, 1.82) is 0 Å². The summed E-state index contributed by atoms with van der Waals surface area (Å²) in [6, 6.07) is 12.3. The van der Waals surface area contributed by atoms with Crippen LogP contribution in [0.4, 0.5) is 0 Å². The number of aromatic nitrogens is 5. The summed E-state index contributed by atoms with van der Waals surface area (Å²) in [5, 5.41) is 8.33. The Morgan fingerprint density at radius 2 is 1.86 bits per heavy atom.